The van der Waals surface area contributed by atoms with Gasteiger partial charge in [0.1, 0.15) is 16.4 Å². The number of nitrogens with one attached hydrogen (secondary N) is 1. The highest BCUT2D eigenvalue weighted by Gasteiger charge is 2.07. The summed E-state index contributed by atoms with van der Waals surface area (Å²) in [4.78, 5) is 8.65. The second kappa shape index (κ2) is 4.67. The summed E-state index contributed by atoms with van der Waals surface area (Å²) in [6, 6.07) is 13.2. The van der Waals surface area contributed by atoms with Crippen LogP contribution in [0.5, 0.6) is 0 Å². The van der Waals surface area contributed by atoms with Crippen molar-refractivity contribution in [3.8, 4) is 0 Å². The lowest BCUT2D eigenvalue weighted by Gasteiger charge is -2.00. The van der Waals surface area contributed by atoms with Gasteiger partial charge in [-0.3, -0.25) is 0 Å². The van der Waals surface area contributed by atoms with Crippen LogP contribution in [0.25, 0.3) is 11.1 Å². The van der Waals surface area contributed by atoms with E-state index in [1.807, 2.05) is 36.4 Å². The topological polar surface area (TPSA) is 77.0 Å². The molecule has 0 aliphatic carbocycles. The Morgan fingerprint density at radius 1 is 1.06 bits per heavy atom. The monoisotopic (exact) mass is 258 g/mol. The van der Waals surface area contributed by atoms with Crippen LogP contribution >= 0.6 is 11.8 Å². The molecule has 0 bridgehead atoms. The molecule has 5 nitrogen and oxygen atoms in total. The summed E-state index contributed by atoms with van der Waals surface area (Å²) in [5, 5.41) is 1.34. The van der Waals surface area contributed by atoms with Crippen molar-refractivity contribution in [2.45, 2.75) is 10.2 Å². The van der Waals surface area contributed by atoms with Crippen molar-refractivity contribution in [1.29, 1.82) is 0 Å². The van der Waals surface area contributed by atoms with Crippen LogP contribution in [-0.4, -0.2) is 9.97 Å². The van der Waals surface area contributed by atoms with Crippen LogP contribution in [-0.2, 0) is 0 Å². The van der Waals surface area contributed by atoms with Gasteiger partial charge in [0.05, 0.1) is 0 Å². The lowest BCUT2D eigenvalue weighted by Crippen LogP contribution is -2.08. The van der Waals surface area contributed by atoms with Gasteiger partial charge >= 0.3 is 0 Å². The second-order valence-corrected chi connectivity index (χ2v) is 4.53. The average Bonchev–Trinajstić information content (AvgIpc) is 2.81. The van der Waals surface area contributed by atoms with E-state index in [2.05, 4.69) is 15.4 Å². The Bertz CT molecular complexity index is 649. The van der Waals surface area contributed by atoms with E-state index in [1.54, 1.807) is 6.07 Å². The molecule has 0 fully saturated rings. The van der Waals surface area contributed by atoms with Crippen molar-refractivity contribution in [2.75, 3.05) is 5.43 Å². The normalized spacial score (nSPS) is 10.7. The molecule has 0 aliphatic rings. The molecular weight excluding hydrogens is 248 g/mol. The maximum absolute atomic E-state index is 5.61. The zero-order valence-corrected chi connectivity index (χ0v) is 10.1. The van der Waals surface area contributed by atoms with E-state index in [4.69, 9.17) is 10.3 Å². The molecule has 0 unspecified atom stereocenters. The lowest BCUT2D eigenvalue weighted by molar-refractivity contribution is 0.489. The maximum Gasteiger partial charge on any atom is 0.263 e. The Balaban J connectivity index is 1.91. The highest BCUT2D eigenvalue weighted by molar-refractivity contribution is 7.99. The fraction of sp³-hybridized carbons (Fsp3) is 0. The number of rotatable bonds is 3. The maximum atomic E-state index is 5.61. The van der Waals surface area contributed by atoms with Crippen molar-refractivity contribution in [2.24, 2.45) is 5.84 Å². The van der Waals surface area contributed by atoms with Gasteiger partial charge in [0.15, 0.2) is 5.58 Å². The van der Waals surface area contributed by atoms with Crippen LogP contribution in [0.4, 0.5) is 5.82 Å². The van der Waals surface area contributed by atoms with Crippen LogP contribution in [0.15, 0.2) is 57.1 Å². The molecule has 0 saturated heterocycles. The van der Waals surface area contributed by atoms with Crippen molar-refractivity contribution < 1.29 is 4.42 Å². The Kier molecular flexibility index (Phi) is 2.87. The van der Waals surface area contributed by atoms with E-state index in [0.717, 1.165) is 16.1 Å². The van der Waals surface area contributed by atoms with Crippen LogP contribution in [0.1, 0.15) is 0 Å². The van der Waals surface area contributed by atoms with Gasteiger partial charge in [0.25, 0.3) is 5.22 Å². The fourth-order valence-corrected chi connectivity index (χ4v) is 2.28. The Labute approximate surface area is 107 Å². The molecule has 1 aromatic carbocycles. The van der Waals surface area contributed by atoms with Gasteiger partial charge in [0, 0.05) is 0 Å². The first-order valence-electron chi connectivity index (χ1n) is 5.32. The lowest BCUT2D eigenvalue weighted by atomic mass is 10.3. The van der Waals surface area contributed by atoms with E-state index >= 15 is 0 Å². The summed E-state index contributed by atoms with van der Waals surface area (Å²) in [6.07, 6.45) is 0. The van der Waals surface area contributed by atoms with E-state index < -0.39 is 0 Å². The number of pyridine rings is 1. The van der Waals surface area contributed by atoms with E-state index in [1.165, 1.54) is 11.8 Å². The largest absolute Gasteiger partial charge is 0.431 e. The van der Waals surface area contributed by atoms with Gasteiger partial charge in [-0.2, -0.15) is 0 Å². The van der Waals surface area contributed by atoms with Crippen LogP contribution in [0.2, 0.25) is 0 Å². The summed E-state index contributed by atoms with van der Waals surface area (Å²) in [5.74, 6) is 5.92. The third kappa shape index (κ3) is 2.15. The number of benzene rings is 1. The number of nitrogens with zero attached hydrogens (tertiary/aromatic N) is 2. The molecule has 0 aliphatic heterocycles. The number of nitrogen functional groups attached to an aromatic ring is 1. The molecule has 0 amide bonds. The number of fused-ring (bicyclic) bond motifs is 1. The molecule has 3 rings (SSSR count). The molecule has 3 aromatic rings. The third-order valence-corrected chi connectivity index (χ3v) is 3.12. The summed E-state index contributed by atoms with van der Waals surface area (Å²) < 4.78 is 5.61. The summed E-state index contributed by atoms with van der Waals surface area (Å²) >= 11 is 1.36. The fourth-order valence-electron chi connectivity index (χ4n) is 1.54. The molecular formula is C12H10N4OS. The van der Waals surface area contributed by atoms with Gasteiger partial charge in [-0.1, -0.05) is 18.2 Å². The summed E-state index contributed by atoms with van der Waals surface area (Å²) in [6.45, 7) is 0. The predicted octanol–water partition coefficient (Wildman–Crippen LogP) is 2.66. The molecule has 2 aromatic heterocycles. The van der Waals surface area contributed by atoms with Crippen LogP contribution in [0.3, 0.4) is 0 Å². The van der Waals surface area contributed by atoms with E-state index in [9.17, 15) is 0 Å². The Morgan fingerprint density at radius 3 is 2.78 bits per heavy atom. The zero-order valence-electron chi connectivity index (χ0n) is 9.33. The van der Waals surface area contributed by atoms with Gasteiger partial charge in [-0.15, -0.1) is 0 Å². The first-order chi connectivity index (χ1) is 8.85. The molecule has 90 valence electrons. The van der Waals surface area contributed by atoms with Crippen molar-refractivity contribution >= 4 is 28.7 Å². The van der Waals surface area contributed by atoms with Gasteiger partial charge < -0.3 is 9.84 Å². The third-order valence-electron chi connectivity index (χ3n) is 2.34. The van der Waals surface area contributed by atoms with Gasteiger partial charge in [-0.25, -0.2) is 15.8 Å². The minimum Gasteiger partial charge on any atom is -0.431 e. The van der Waals surface area contributed by atoms with Gasteiger partial charge in [-0.05, 0) is 36.0 Å². The molecule has 0 saturated carbocycles. The Hall–Kier alpha value is -2.05. The molecule has 18 heavy (non-hydrogen) atoms. The molecule has 0 atom stereocenters. The Morgan fingerprint density at radius 2 is 1.94 bits per heavy atom. The quantitative estimate of drug-likeness (QED) is 0.555. The van der Waals surface area contributed by atoms with Crippen molar-refractivity contribution in [1.82, 2.24) is 9.97 Å². The number of hydrogen-bond acceptors (Lipinski definition) is 6. The number of anilines is 1. The number of aromatic nitrogens is 2. The average molecular weight is 258 g/mol. The molecule has 0 radical (unpaired) electrons. The number of hydrogen-bond donors (Lipinski definition) is 2. The predicted molar refractivity (Wildman–Crippen MR) is 70.2 cm³/mol. The molecule has 2 heterocycles. The number of nitrogens with two attached hydrogens (primary N) is 1. The molecule has 6 heteroatoms. The minimum atomic E-state index is 0.567. The molecule has 0 spiro atoms. The number of oxazole rings is 1. The highest BCUT2D eigenvalue weighted by atomic mass is 32.2. The second-order valence-electron chi connectivity index (χ2n) is 3.55. The van der Waals surface area contributed by atoms with Crippen LogP contribution < -0.4 is 11.3 Å². The van der Waals surface area contributed by atoms with E-state index in [0.29, 0.717) is 11.0 Å². The summed E-state index contributed by atoms with van der Waals surface area (Å²) in [7, 11) is 0. The molecule has 3 N–H and O–H groups in total. The minimum absolute atomic E-state index is 0.567. The standard InChI is InChI=1S/C12H10N4OS/c13-16-10-6-3-7-11(15-10)18-12-14-8-4-1-2-5-9(8)17-12/h1-7H,13H2,(H,15,16). The smallest absolute Gasteiger partial charge is 0.263 e. The number of hydrazine groups is 1. The number of para-hydroxylation sites is 2. The SMILES string of the molecule is NNc1cccc(Sc2nc3ccccc3o2)n1. The van der Waals surface area contributed by atoms with E-state index in [-0.39, 0.29) is 0 Å². The van der Waals surface area contributed by atoms with Gasteiger partial charge in [0.2, 0.25) is 0 Å². The first kappa shape index (κ1) is 11.1. The summed E-state index contributed by atoms with van der Waals surface area (Å²) in [5.41, 5.74) is 4.12. The van der Waals surface area contributed by atoms with Crippen molar-refractivity contribution in [3.63, 3.8) is 0 Å². The first-order valence-corrected chi connectivity index (χ1v) is 6.14. The van der Waals surface area contributed by atoms with Crippen molar-refractivity contribution in [3.05, 3.63) is 42.5 Å². The zero-order chi connectivity index (χ0) is 12.4. The van der Waals surface area contributed by atoms with Crippen LogP contribution in [0, 0.1) is 0 Å². The highest BCUT2D eigenvalue weighted by Crippen LogP contribution is 2.28.